The van der Waals surface area contributed by atoms with Gasteiger partial charge in [-0.25, -0.2) is 4.39 Å². The molecular weight excluding hydrogens is 293 g/mol. The summed E-state index contributed by atoms with van der Waals surface area (Å²) < 4.78 is 70.0. The first-order valence-corrected chi connectivity index (χ1v) is 5.85. The standard InChI is InChI=1S/C14H10F5NO/c15-11-2-1-3-12(13(11)16)21-9-5-4-8(7-20)10(6-9)14(17,18)19/h1-6H,7,20H2. The van der Waals surface area contributed by atoms with Crippen LogP contribution in [0.1, 0.15) is 11.1 Å². The summed E-state index contributed by atoms with van der Waals surface area (Å²) >= 11 is 0. The zero-order chi connectivity index (χ0) is 15.6. The summed E-state index contributed by atoms with van der Waals surface area (Å²) in [5, 5.41) is 0. The molecule has 0 aromatic heterocycles. The third-order valence-electron chi connectivity index (χ3n) is 2.75. The van der Waals surface area contributed by atoms with Crippen LogP contribution >= 0.6 is 0 Å². The van der Waals surface area contributed by atoms with Crippen LogP contribution in [0.5, 0.6) is 11.5 Å². The highest BCUT2D eigenvalue weighted by Crippen LogP contribution is 2.36. The average molecular weight is 303 g/mol. The van der Waals surface area contributed by atoms with E-state index >= 15 is 0 Å². The second-order valence-corrected chi connectivity index (χ2v) is 4.17. The highest BCUT2D eigenvalue weighted by molar-refractivity contribution is 5.40. The van der Waals surface area contributed by atoms with Gasteiger partial charge in [-0.1, -0.05) is 12.1 Å². The Morgan fingerprint density at radius 1 is 1.05 bits per heavy atom. The number of hydrogen-bond donors (Lipinski definition) is 1. The molecule has 0 aliphatic carbocycles. The minimum atomic E-state index is -4.62. The molecule has 2 aromatic rings. The lowest BCUT2D eigenvalue weighted by Crippen LogP contribution is -2.12. The number of alkyl halides is 3. The molecule has 0 aliphatic rings. The van der Waals surface area contributed by atoms with Gasteiger partial charge in [0.1, 0.15) is 5.75 Å². The Labute approximate surface area is 116 Å². The second kappa shape index (κ2) is 5.69. The number of ether oxygens (including phenoxy) is 1. The largest absolute Gasteiger partial charge is 0.454 e. The summed E-state index contributed by atoms with van der Waals surface area (Å²) in [4.78, 5) is 0. The van der Waals surface area contributed by atoms with Crippen LogP contribution in [0.25, 0.3) is 0 Å². The molecule has 0 aliphatic heterocycles. The van der Waals surface area contributed by atoms with Gasteiger partial charge in [0.25, 0.3) is 0 Å². The zero-order valence-electron chi connectivity index (χ0n) is 10.5. The van der Waals surface area contributed by atoms with Gasteiger partial charge in [-0.15, -0.1) is 0 Å². The van der Waals surface area contributed by atoms with E-state index in [4.69, 9.17) is 10.5 Å². The molecule has 21 heavy (non-hydrogen) atoms. The van der Waals surface area contributed by atoms with Crippen LogP contribution < -0.4 is 10.5 Å². The molecule has 2 nitrogen and oxygen atoms in total. The molecule has 2 rings (SSSR count). The Kier molecular flexibility index (Phi) is 4.13. The Bertz CT molecular complexity index is 654. The van der Waals surface area contributed by atoms with Crippen LogP contribution in [0, 0.1) is 11.6 Å². The van der Waals surface area contributed by atoms with Gasteiger partial charge in [0, 0.05) is 6.54 Å². The molecule has 0 bridgehead atoms. The Hall–Kier alpha value is -2.15. The van der Waals surface area contributed by atoms with Crippen molar-refractivity contribution in [2.75, 3.05) is 0 Å². The Morgan fingerprint density at radius 3 is 2.38 bits per heavy atom. The number of benzene rings is 2. The topological polar surface area (TPSA) is 35.2 Å². The molecule has 2 aromatic carbocycles. The maximum absolute atomic E-state index is 13.4. The van der Waals surface area contributed by atoms with E-state index in [1.54, 1.807) is 0 Å². The van der Waals surface area contributed by atoms with Crippen molar-refractivity contribution in [1.29, 1.82) is 0 Å². The van der Waals surface area contributed by atoms with E-state index in [9.17, 15) is 22.0 Å². The monoisotopic (exact) mass is 303 g/mol. The molecule has 2 N–H and O–H groups in total. The van der Waals surface area contributed by atoms with Crippen molar-refractivity contribution in [3.63, 3.8) is 0 Å². The second-order valence-electron chi connectivity index (χ2n) is 4.17. The molecule has 0 amide bonds. The normalized spacial score (nSPS) is 11.5. The lowest BCUT2D eigenvalue weighted by Gasteiger charge is -2.14. The molecule has 0 atom stereocenters. The van der Waals surface area contributed by atoms with E-state index in [0.717, 1.165) is 18.2 Å². The smallest absolute Gasteiger partial charge is 0.416 e. The number of halogens is 5. The van der Waals surface area contributed by atoms with E-state index in [0.29, 0.717) is 6.07 Å². The zero-order valence-corrected chi connectivity index (χ0v) is 10.5. The van der Waals surface area contributed by atoms with Crippen molar-refractivity contribution in [3.8, 4) is 11.5 Å². The first-order chi connectivity index (χ1) is 9.82. The fourth-order valence-electron chi connectivity index (χ4n) is 1.75. The SMILES string of the molecule is NCc1ccc(Oc2cccc(F)c2F)cc1C(F)(F)F. The first-order valence-electron chi connectivity index (χ1n) is 5.85. The fourth-order valence-corrected chi connectivity index (χ4v) is 1.75. The third kappa shape index (κ3) is 3.30. The van der Waals surface area contributed by atoms with Gasteiger partial charge in [0.15, 0.2) is 11.6 Å². The van der Waals surface area contributed by atoms with Gasteiger partial charge in [0.05, 0.1) is 5.56 Å². The van der Waals surface area contributed by atoms with E-state index < -0.39 is 29.1 Å². The number of nitrogens with two attached hydrogens (primary N) is 1. The Balaban J connectivity index is 2.40. The van der Waals surface area contributed by atoms with E-state index in [-0.39, 0.29) is 17.9 Å². The summed E-state index contributed by atoms with van der Waals surface area (Å²) in [5.74, 6) is -3.18. The van der Waals surface area contributed by atoms with Crippen LogP contribution in [0.2, 0.25) is 0 Å². The van der Waals surface area contributed by atoms with Crippen molar-refractivity contribution in [2.45, 2.75) is 12.7 Å². The number of hydrogen-bond acceptors (Lipinski definition) is 2. The molecule has 0 saturated carbocycles. The van der Waals surface area contributed by atoms with Crippen LogP contribution in [0.15, 0.2) is 36.4 Å². The minimum absolute atomic E-state index is 0.116. The average Bonchev–Trinajstić information content (AvgIpc) is 2.43. The molecule has 0 heterocycles. The predicted molar refractivity (Wildman–Crippen MR) is 65.8 cm³/mol. The van der Waals surface area contributed by atoms with Crippen molar-refractivity contribution in [2.24, 2.45) is 5.73 Å². The van der Waals surface area contributed by atoms with Gasteiger partial charge in [0.2, 0.25) is 5.82 Å². The van der Waals surface area contributed by atoms with Crippen molar-refractivity contribution < 1.29 is 26.7 Å². The van der Waals surface area contributed by atoms with Crippen LogP contribution in [0.3, 0.4) is 0 Å². The van der Waals surface area contributed by atoms with Gasteiger partial charge < -0.3 is 10.5 Å². The number of rotatable bonds is 3. The summed E-state index contributed by atoms with van der Waals surface area (Å²) in [7, 11) is 0. The molecule has 7 heteroatoms. The quantitative estimate of drug-likeness (QED) is 0.861. The van der Waals surface area contributed by atoms with Crippen molar-refractivity contribution in [1.82, 2.24) is 0 Å². The Morgan fingerprint density at radius 2 is 1.76 bits per heavy atom. The van der Waals surface area contributed by atoms with E-state index in [2.05, 4.69) is 0 Å². The van der Waals surface area contributed by atoms with Gasteiger partial charge >= 0.3 is 6.18 Å². The lowest BCUT2D eigenvalue weighted by molar-refractivity contribution is -0.138. The van der Waals surface area contributed by atoms with E-state index in [1.165, 1.54) is 12.1 Å². The summed E-state index contributed by atoms with van der Waals surface area (Å²) in [6, 6.07) is 6.22. The molecule has 112 valence electrons. The summed E-state index contributed by atoms with van der Waals surface area (Å²) in [5.41, 5.74) is 4.15. The third-order valence-corrected chi connectivity index (χ3v) is 2.75. The minimum Gasteiger partial charge on any atom is -0.454 e. The molecular formula is C14H10F5NO. The molecule has 0 fully saturated rings. The van der Waals surface area contributed by atoms with Gasteiger partial charge in [-0.3, -0.25) is 0 Å². The molecule has 0 radical (unpaired) electrons. The summed E-state index contributed by atoms with van der Waals surface area (Å²) in [6.45, 7) is -0.302. The van der Waals surface area contributed by atoms with Crippen LogP contribution in [-0.2, 0) is 12.7 Å². The maximum Gasteiger partial charge on any atom is 0.416 e. The summed E-state index contributed by atoms with van der Waals surface area (Å²) in [6.07, 6.45) is -4.62. The molecule has 0 unspecified atom stereocenters. The predicted octanol–water partition coefficient (Wildman–Crippen LogP) is 4.23. The maximum atomic E-state index is 13.4. The lowest BCUT2D eigenvalue weighted by atomic mass is 10.1. The van der Waals surface area contributed by atoms with Gasteiger partial charge in [-0.05, 0) is 29.8 Å². The molecule has 0 spiro atoms. The van der Waals surface area contributed by atoms with Crippen molar-refractivity contribution in [3.05, 3.63) is 59.2 Å². The fraction of sp³-hybridized carbons (Fsp3) is 0.143. The highest BCUT2D eigenvalue weighted by Gasteiger charge is 2.33. The van der Waals surface area contributed by atoms with Crippen LogP contribution in [-0.4, -0.2) is 0 Å². The van der Waals surface area contributed by atoms with Crippen molar-refractivity contribution >= 4 is 0 Å². The van der Waals surface area contributed by atoms with E-state index in [1.807, 2.05) is 0 Å². The van der Waals surface area contributed by atoms with Gasteiger partial charge in [-0.2, -0.15) is 17.6 Å². The van der Waals surface area contributed by atoms with Crippen LogP contribution in [0.4, 0.5) is 22.0 Å². The first kappa shape index (κ1) is 15.2. The molecule has 0 saturated heterocycles. The highest BCUT2D eigenvalue weighted by atomic mass is 19.4.